The van der Waals surface area contributed by atoms with E-state index in [9.17, 15) is 14.7 Å². The molecule has 0 radical (unpaired) electrons. The molecular weight excluding hydrogens is 410 g/mol. The summed E-state index contributed by atoms with van der Waals surface area (Å²) in [6.45, 7) is 4.59. The van der Waals surface area contributed by atoms with Crippen LogP contribution in [-0.4, -0.2) is 78.0 Å². The molecule has 0 unspecified atom stereocenters. The second-order valence-corrected chi connectivity index (χ2v) is 9.00. The first kappa shape index (κ1) is 20.9. The number of hydrogen-bond donors (Lipinski definition) is 1. The second-order valence-electron chi connectivity index (χ2n) is 9.00. The standard InChI is InChI=1S/C22H27N7O3/c1-15-17(3-4-18(15)30)28-11-8-22(21(28)32)6-9-27(10-7-22)13-19(31)16-2-5-20(23-12-16)29-14-24-25-26-29/h2,5,12,14,19,31H,3-4,6-11,13H2,1H3/t19-/m0/s1. The summed E-state index contributed by atoms with van der Waals surface area (Å²) in [5.41, 5.74) is 2.11. The number of nitrogens with zero attached hydrogens (tertiary/aromatic N) is 7. The van der Waals surface area contributed by atoms with Gasteiger partial charge in [0, 0.05) is 42.5 Å². The van der Waals surface area contributed by atoms with Gasteiger partial charge >= 0.3 is 0 Å². The monoisotopic (exact) mass is 437 g/mol. The molecule has 2 aromatic heterocycles. The van der Waals surface area contributed by atoms with Crippen LogP contribution in [0.3, 0.4) is 0 Å². The van der Waals surface area contributed by atoms with Crippen LogP contribution in [0, 0.1) is 5.41 Å². The molecule has 4 heterocycles. The molecule has 2 fully saturated rings. The number of rotatable bonds is 5. The van der Waals surface area contributed by atoms with Crippen LogP contribution in [0.1, 0.15) is 50.7 Å². The molecule has 3 aliphatic rings. The number of pyridine rings is 1. The van der Waals surface area contributed by atoms with Gasteiger partial charge in [0.05, 0.1) is 11.5 Å². The molecule has 10 nitrogen and oxygen atoms in total. The number of amides is 1. The first-order valence-corrected chi connectivity index (χ1v) is 11.1. The lowest BCUT2D eigenvalue weighted by molar-refractivity contribution is -0.137. The number of hydrogen-bond acceptors (Lipinski definition) is 8. The first-order valence-electron chi connectivity index (χ1n) is 11.1. The Bertz CT molecular complexity index is 1040. The number of Topliss-reactive ketones (excluding diaryl/α,β-unsaturated/α-hetero) is 1. The van der Waals surface area contributed by atoms with Crippen molar-refractivity contribution in [1.29, 1.82) is 0 Å². The van der Waals surface area contributed by atoms with Crippen molar-refractivity contribution in [3.63, 3.8) is 0 Å². The van der Waals surface area contributed by atoms with Crippen molar-refractivity contribution in [3.8, 4) is 5.82 Å². The topological polar surface area (TPSA) is 117 Å². The summed E-state index contributed by atoms with van der Waals surface area (Å²) < 4.78 is 1.46. The van der Waals surface area contributed by atoms with Crippen molar-refractivity contribution in [2.45, 2.75) is 45.1 Å². The molecule has 1 atom stereocenters. The van der Waals surface area contributed by atoms with Crippen LogP contribution in [0.4, 0.5) is 0 Å². The fourth-order valence-electron chi connectivity index (χ4n) is 5.16. The summed E-state index contributed by atoms with van der Waals surface area (Å²) in [7, 11) is 0. The van der Waals surface area contributed by atoms with E-state index < -0.39 is 6.10 Å². The van der Waals surface area contributed by atoms with E-state index in [0.29, 0.717) is 31.7 Å². The average molecular weight is 438 g/mol. The highest BCUT2D eigenvalue weighted by Crippen LogP contribution is 2.44. The van der Waals surface area contributed by atoms with Crippen LogP contribution in [0.25, 0.3) is 5.82 Å². The van der Waals surface area contributed by atoms with Crippen LogP contribution in [0.15, 0.2) is 35.9 Å². The van der Waals surface area contributed by atoms with Gasteiger partial charge in [-0.15, -0.1) is 5.10 Å². The summed E-state index contributed by atoms with van der Waals surface area (Å²) >= 11 is 0. The van der Waals surface area contributed by atoms with Gasteiger partial charge in [-0.25, -0.2) is 4.98 Å². The molecule has 2 aromatic rings. The third-order valence-electron chi connectivity index (χ3n) is 7.26. The highest BCUT2D eigenvalue weighted by Gasteiger charge is 2.49. The molecule has 0 saturated carbocycles. The number of β-amino-alcohol motifs (C(OH)–C–C–N with tert-alkyl or cyclic N) is 1. The lowest BCUT2D eigenvalue weighted by Gasteiger charge is -2.38. The Kier molecular flexibility index (Phi) is 5.34. The number of aliphatic hydroxyl groups excluding tert-OH is 1. The molecule has 10 heteroatoms. The maximum atomic E-state index is 13.3. The van der Waals surface area contributed by atoms with Crippen LogP contribution in [0.2, 0.25) is 0 Å². The van der Waals surface area contributed by atoms with Crippen molar-refractivity contribution in [2.75, 3.05) is 26.2 Å². The molecule has 1 N–H and O–H groups in total. The van der Waals surface area contributed by atoms with E-state index in [-0.39, 0.29) is 17.1 Å². The zero-order valence-electron chi connectivity index (χ0n) is 18.1. The van der Waals surface area contributed by atoms with Gasteiger partial charge in [-0.2, -0.15) is 4.68 Å². The Morgan fingerprint density at radius 1 is 1.12 bits per heavy atom. The van der Waals surface area contributed by atoms with Gasteiger partial charge in [0.25, 0.3) is 0 Å². The minimum absolute atomic E-state index is 0.165. The van der Waals surface area contributed by atoms with E-state index in [1.54, 1.807) is 12.3 Å². The molecule has 1 aliphatic carbocycles. The quantitative estimate of drug-likeness (QED) is 0.737. The van der Waals surface area contributed by atoms with E-state index in [4.69, 9.17) is 0 Å². The Balaban J connectivity index is 1.18. The number of likely N-dealkylation sites (tertiary alicyclic amines) is 2. The van der Waals surface area contributed by atoms with Crippen molar-refractivity contribution in [3.05, 3.63) is 41.5 Å². The number of aliphatic hydroxyl groups is 1. The van der Waals surface area contributed by atoms with Crippen molar-refractivity contribution < 1.29 is 14.7 Å². The third kappa shape index (κ3) is 3.63. The zero-order chi connectivity index (χ0) is 22.3. The molecule has 2 aliphatic heterocycles. The lowest BCUT2D eigenvalue weighted by Crippen LogP contribution is -2.45. The first-order chi connectivity index (χ1) is 15.5. The summed E-state index contributed by atoms with van der Waals surface area (Å²) in [4.78, 5) is 33.6. The molecular formula is C22H27N7O3. The Hall–Kier alpha value is -2.98. The van der Waals surface area contributed by atoms with Crippen molar-refractivity contribution in [2.24, 2.45) is 5.41 Å². The van der Waals surface area contributed by atoms with Crippen molar-refractivity contribution in [1.82, 2.24) is 35.0 Å². The number of carbonyl (C=O) groups is 2. The van der Waals surface area contributed by atoms with E-state index in [1.165, 1.54) is 11.0 Å². The Labute approximate surface area is 185 Å². The van der Waals surface area contributed by atoms with Gasteiger partial charge in [0.15, 0.2) is 11.6 Å². The fourth-order valence-corrected chi connectivity index (χ4v) is 5.16. The van der Waals surface area contributed by atoms with Crippen molar-refractivity contribution >= 4 is 11.7 Å². The summed E-state index contributed by atoms with van der Waals surface area (Å²) in [6.07, 6.45) is 6.07. The fraction of sp³-hybridized carbons (Fsp3) is 0.545. The smallest absolute Gasteiger partial charge is 0.233 e. The van der Waals surface area contributed by atoms with E-state index in [1.807, 2.05) is 17.9 Å². The van der Waals surface area contributed by atoms with Crippen LogP contribution in [0.5, 0.6) is 0 Å². The lowest BCUT2D eigenvalue weighted by atomic mass is 9.77. The molecule has 5 rings (SSSR count). The molecule has 32 heavy (non-hydrogen) atoms. The number of tetrazole rings is 1. The number of aromatic nitrogens is 5. The van der Waals surface area contributed by atoms with Crippen LogP contribution >= 0.6 is 0 Å². The number of carbonyl (C=O) groups excluding carboxylic acids is 2. The molecule has 168 valence electrons. The van der Waals surface area contributed by atoms with Gasteiger partial charge in [0.1, 0.15) is 6.33 Å². The SMILES string of the molecule is CC1=C(N2CCC3(CCN(C[C@H](O)c4ccc(-n5cnnn5)nc4)CC3)C2=O)CCC1=O. The minimum atomic E-state index is -0.660. The van der Waals surface area contributed by atoms with E-state index in [0.717, 1.165) is 49.2 Å². The Morgan fingerprint density at radius 3 is 2.53 bits per heavy atom. The van der Waals surface area contributed by atoms with Gasteiger partial charge in [-0.3, -0.25) is 9.59 Å². The maximum Gasteiger partial charge on any atom is 0.233 e. The number of allylic oxidation sites excluding steroid dienone is 2. The summed E-state index contributed by atoms with van der Waals surface area (Å²) in [5.74, 6) is 0.937. The largest absolute Gasteiger partial charge is 0.387 e. The summed E-state index contributed by atoms with van der Waals surface area (Å²) in [5, 5.41) is 21.7. The molecule has 1 spiro atoms. The van der Waals surface area contributed by atoms with Gasteiger partial charge < -0.3 is 14.9 Å². The average Bonchev–Trinajstić information content (AvgIpc) is 3.53. The minimum Gasteiger partial charge on any atom is -0.387 e. The van der Waals surface area contributed by atoms with Crippen LogP contribution < -0.4 is 0 Å². The maximum absolute atomic E-state index is 13.3. The normalized spacial score (nSPS) is 22.4. The molecule has 1 amide bonds. The predicted octanol–water partition coefficient (Wildman–Crippen LogP) is 1.04. The number of piperidine rings is 1. The Morgan fingerprint density at radius 2 is 1.91 bits per heavy atom. The van der Waals surface area contributed by atoms with E-state index in [2.05, 4.69) is 25.4 Å². The highest BCUT2D eigenvalue weighted by atomic mass is 16.3. The zero-order valence-corrected chi connectivity index (χ0v) is 18.1. The number of ketones is 1. The highest BCUT2D eigenvalue weighted by molar-refractivity contribution is 5.99. The van der Waals surface area contributed by atoms with E-state index >= 15 is 0 Å². The van der Waals surface area contributed by atoms with Gasteiger partial charge in [-0.1, -0.05) is 6.07 Å². The van der Waals surface area contributed by atoms with Crippen LogP contribution in [-0.2, 0) is 9.59 Å². The molecule has 2 saturated heterocycles. The summed E-state index contributed by atoms with van der Waals surface area (Å²) in [6, 6.07) is 3.60. The van der Waals surface area contributed by atoms with Gasteiger partial charge in [-0.05, 0) is 62.2 Å². The third-order valence-corrected chi connectivity index (χ3v) is 7.26. The van der Waals surface area contributed by atoms with Gasteiger partial charge in [0.2, 0.25) is 5.91 Å². The predicted molar refractivity (Wildman–Crippen MR) is 113 cm³/mol. The molecule has 0 aromatic carbocycles. The second kappa shape index (κ2) is 8.18. The molecule has 0 bridgehead atoms.